The van der Waals surface area contributed by atoms with Crippen molar-refractivity contribution in [3.05, 3.63) is 63.1 Å². The van der Waals surface area contributed by atoms with E-state index in [0.29, 0.717) is 11.1 Å². The van der Waals surface area contributed by atoms with Crippen molar-refractivity contribution in [3.8, 4) is 5.75 Å². The number of carboxylic acid groups (broad SMARTS) is 1. The van der Waals surface area contributed by atoms with E-state index in [2.05, 4.69) is 5.16 Å². The molecule has 1 aliphatic rings. The number of alkyl halides is 3. The molecule has 1 unspecified atom stereocenters. The molecule has 11 heteroatoms. The summed E-state index contributed by atoms with van der Waals surface area (Å²) in [5.74, 6) is 0.169. The Morgan fingerprint density at radius 1 is 1.24 bits per heavy atom. The van der Waals surface area contributed by atoms with Gasteiger partial charge in [0.05, 0.1) is 12.3 Å². The maximum absolute atomic E-state index is 14.2. The van der Waals surface area contributed by atoms with Gasteiger partial charge in [-0.1, -0.05) is 54.3 Å². The van der Waals surface area contributed by atoms with Crippen LogP contribution in [0.15, 0.2) is 41.6 Å². The molecular formula is C22H21Cl2F3N2O4. The van der Waals surface area contributed by atoms with E-state index in [-0.39, 0.29) is 39.5 Å². The summed E-state index contributed by atoms with van der Waals surface area (Å²) in [6.45, 7) is 5.45. The molecule has 0 fully saturated rings. The Bertz CT molecular complexity index is 1070. The largest absolute Gasteiger partial charge is 0.463 e. The third kappa shape index (κ3) is 5.30. The van der Waals surface area contributed by atoms with E-state index in [9.17, 15) is 23.1 Å². The van der Waals surface area contributed by atoms with Crippen molar-refractivity contribution in [2.24, 2.45) is 11.1 Å². The van der Waals surface area contributed by atoms with Crippen LogP contribution in [0, 0.1) is 12.8 Å². The minimum atomic E-state index is -4.83. The minimum absolute atomic E-state index is 0.00545. The fourth-order valence-electron chi connectivity index (χ4n) is 3.33. The average Bonchev–Trinajstić information content (AvgIpc) is 3.15. The molecule has 0 saturated carbocycles. The van der Waals surface area contributed by atoms with Crippen LogP contribution in [0.3, 0.4) is 0 Å². The molecule has 2 aromatic rings. The highest BCUT2D eigenvalue weighted by Gasteiger charge is 2.62. The maximum Gasteiger partial charge on any atom is 0.440 e. The zero-order valence-electron chi connectivity index (χ0n) is 17.9. The van der Waals surface area contributed by atoms with Gasteiger partial charge in [0, 0.05) is 27.6 Å². The van der Waals surface area contributed by atoms with E-state index in [1.807, 2.05) is 13.8 Å². The Kier molecular flexibility index (Phi) is 7.04. The summed E-state index contributed by atoms with van der Waals surface area (Å²) in [5.41, 5.74) is -2.14. The first kappa shape index (κ1) is 25.0. The van der Waals surface area contributed by atoms with E-state index < -0.39 is 24.3 Å². The van der Waals surface area contributed by atoms with Gasteiger partial charge < -0.3 is 14.8 Å². The third-order valence-corrected chi connectivity index (χ3v) is 5.43. The summed E-state index contributed by atoms with van der Waals surface area (Å²) in [5, 5.41) is 14.0. The summed E-state index contributed by atoms with van der Waals surface area (Å²) in [7, 11) is 0. The molecular weight excluding hydrogens is 484 g/mol. The molecule has 1 amide bonds. The molecule has 1 heterocycles. The van der Waals surface area contributed by atoms with Gasteiger partial charge in [-0.25, -0.2) is 4.79 Å². The lowest BCUT2D eigenvalue weighted by Crippen LogP contribution is -2.42. The number of halogens is 5. The summed E-state index contributed by atoms with van der Waals surface area (Å²) in [6, 6.07) is 8.20. The van der Waals surface area contributed by atoms with Gasteiger partial charge in [0.25, 0.3) is 5.60 Å². The smallest absolute Gasteiger partial charge is 0.440 e. The number of hydrogen-bond donors (Lipinski definition) is 1. The highest BCUT2D eigenvalue weighted by atomic mass is 35.5. The van der Waals surface area contributed by atoms with Crippen LogP contribution in [0.25, 0.3) is 0 Å². The van der Waals surface area contributed by atoms with Crippen LogP contribution >= 0.6 is 23.2 Å². The lowest BCUT2D eigenvalue weighted by Gasteiger charge is -2.29. The average molecular weight is 505 g/mol. The van der Waals surface area contributed by atoms with Gasteiger partial charge in [0.1, 0.15) is 0 Å². The normalized spacial score (nSPS) is 18.2. The summed E-state index contributed by atoms with van der Waals surface area (Å²) in [6.07, 6.45) is -6.75. The van der Waals surface area contributed by atoms with E-state index in [4.69, 9.17) is 32.9 Å². The summed E-state index contributed by atoms with van der Waals surface area (Å²) in [4.78, 5) is 22.1. The van der Waals surface area contributed by atoms with Gasteiger partial charge in [-0.15, -0.1) is 5.06 Å². The van der Waals surface area contributed by atoms with Crippen molar-refractivity contribution in [2.45, 2.75) is 39.0 Å². The predicted octanol–water partition coefficient (Wildman–Crippen LogP) is 6.81. The number of oxime groups is 1. The van der Waals surface area contributed by atoms with E-state index in [0.717, 1.165) is 17.2 Å². The van der Waals surface area contributed by atoms with E-state index in [1.54, 1.807) is 19.1 Å². The molecule has 0 aromatic heterocycles. The van der Waals surface area contributed by atoms with Gasteiger partial charge in [-0.2, -0.15) is 13.2 Å². The molecule has 1 atom stereocenters. The second-order valence-electron chi connectivity index (χ2n) is 8.10. The highest BCUT2D eigenvalue weighted by molar-refractivity contribution is 6.34. The molecule has 2 aromatic carbocycles. The van der Waals surface area contributed by atoms with Crippen molar-refractivity contribution in [2.75, 3.05) is 6.54 Å². The molecule has 6 nitrogen and oxygen atoms in total. The molecule has 0 radical (unpaired) electrons. The Balaban J connectivity index is 1.95. The van der Waals surface area contributed by atoms with Gasteiger partial charge >= 0.3 is 12.3 Å². The second kappa shape index (κ2) is 9.30. The molecule has 1 aliphatic heterocycles. The van der Waals surface area contributed by atoms with Gasteiger partial charge in [0.15, 0.2) is 5.75 Å². The Morgan fingerprint density at radius 2 is 1.88 bits per heavy atom. The van der Waals surface area contributed by atoms with E-state index in [1.165, 1.54) is 12.1 Å². The number of hydroxylamine groups is 2. The van der Waals surface area contributed by atoms with Crippen LogP contribution in [0.5, 0.6) is 5.75 Å². The Hall–Kier alpha value is -2.65. The van der Waals surface area contributed by atoms with E-state index >= 15 is 0 Å². The first-order valence-electron chi connectivity index (χ1n) is 9.90. The molecule has 0 bridgehead atoms. The molecule has 0 spiro atoms. The van der Waals surface area contributed by atoms with Crippen LogP contribution in [0.4, 0.5) is 18.0 Å². The molecule has 3 rings (SSSR count). The summed E-state index contributed by atoms with van der Waals surface area (Å²) >= 11 is 11.9. The van der Waals surface area contributed by atoms with Crippen LogP contribution < -0.4 is 4.84 Å². The first-order chi connectivity index (χ1) is 15.3. The number of carbonyl (C=O) groups is 1. The molecule has 0 aliphatic carbocycles. The minimum Gasteiger partial charge on any atom is -0.463 e. The SMILES string of the molecule is Cc1ccc(C2=NOC(c3cc(Cl)cc(Cl)c3)(C(F)(F)F)C2)cc1ON(CC(C)C)C(=O)O. The Morgan fingerprint density at radius 3 is 2.42 bits per heavy atom. The van der Waals surface area contributed by atoms with Crippen molar-refractivity contribution >= 4 is 35.0 Å². The standard InChI is InChI=1S/C22H21Cl2F3N2O4/c1-12(2)11-29(20(30)31)32-19-6-14(5-4-13(19)3)18-10-21(33-28-18,22(25,26)27)15-7-16(23)9-17(24)8-15/h4-9,12H,10-11H2,1-3H3,(H,30,31). The van der Waals surface area contributed by atoms with Crippen LogP contribution in [0.2, 0.25) is 10.0 Å². The van der Waals surface area contributed by atoms with Crippen molar-refractivity contribution in [3.63, 3.8) is 0 Å². The molecule has 178 valence electrons. The molecule has 0 saturated heterocycles. The Labute approximate surface area is 198 Å². The van der Waals surface area contributed by atoms with Crippen molar-refractivity contribution < 1.29 is 32.7 Å². The third-order valence-electron chi connectivity index (χ3n) is 4.99. The quantitative estimate of drug-likeness (QED) is 0.438. The highest BCUT2D eigenvalue weighted by Crippen LogP contribution is 2.49. The second-order valence-corrected chi connectivity index (χ2v) is 8.97. The number of hydrogen-bond acceptors (Lipinski definition) is 4. The summed E-state index contributed by atoms with van der Waals surface area (Å²) < 4.78 is 42.6. The number of rotatable bonds is 6. The first-order valence-corrected chi connectivity index (χ1v) is 10.7. The number of nitrogens with zero attached hydrogens (tertiary/aromatic N) is 2. The van der Waals surface area contributed by atoms with Crippen LogP contribution in [0.1, 0.15) is 37.0 Å². The van der Waals surface area contributed by atoms with Gasteiger partial charge in [-0.3, -0.25) is 0 Å². The number of aryl methyl sites for hydroxylation is 1. The fraction of sp³-hybridized carbons (Fsp3) is 0.364. The number of benzene rings is 2. The van der Waals surface area contributed by atoms with Gasteiger partial charge in [-0.05, 0) is 42.7 Å². The monoisotopic (exact) mass is 504 g/mol. The lowest BCUT2D eigenvalue weighted by molar-refractivity contribution is -0.275. The van der Waals surface area contributed by atoms with Gasteiger partial charge in [0.2, 0.25) is 0 Å². The van der Waals surface area contributed by atoms with Crippen molar-refractivity contribution in [1.82, 2.24) is 5.06 Å². The maximum atomic E-state index is 14.2. The zero-order chi connectivity index (χ0) is 24.6. The topological polar surface area (TPSA) is 71.4 Å². The van der Waals surface area contributed by atoms with Crippen molar-refractivity contribution in [1.29, 1.82) is 0 Å². The zero-order valence-corrected chi connectivity index (χ0v) is 19.4. The predicted molar refractivity (Wildman–Crippen MR) is 118 cm³/mol. The molecule has 33 heavy (non-hydrogen) atoms. The lowest BCUT2D eigenvalue weighted by atomic mass is 9.86. The number of amides is 1. The molecule has 1 N–H and O–H groups in total. The van der Waals surface area contributed by atoms with Crippen LogP contribution in [-0.2, 0) is 10.4 Å². The fourth-order valence-corrected chi connectivity index (χ4v) is 3.85. The van der Waals surface area contributed by atoms with Crippen LogP contribution in [-0.4, -0.2) is 34.7 Å².